The molecule has 3 N–H and O–H groups in total. The van der Waals surface area contributed by atoms with E-state index in [1.54, 1.807) is 23.9 Å². The molecule has 5 rings (SSSR count). The lowest BCUT2D eigenvalue weighted by atomic mass is 10.0. The summed E-state index contributed by atoms with van der Waals surface area (Å²) in [4.78, 5) is 25.2. The molecule has 0 saturated carbocycles. The molecule has 0 atom stereocenters. The minimum atomic E-state index is -4.72. The molecule has 1 aromatic carbocycles. The smallest absolute Gasteiger partial charge is 0.383 e. The fraction of sp³-hybridized carbons (Fsp3) is 0.0870. The SMILES string of the molecule is Cn1cc(-c2ccn3c(C(=O)Nc4cc(C(F)(F)F)ccc4F)cnc3c2C#N)c2c(N)ncnc21. The summed E-state index contributed by atoms with van der Waals surface area (Å²) in [7, 11) is 1.76. The molecule has 4 aromatic heterocycles. The van der Waals surface area contributed by atoms with Crippen LogP contribution in [-0.2, 0) is 13.2 Å². The first-order chi connectivity index (χ1) is 17.1. The van der Waals surface area contributed by atoms with Crippen molar-refractivity contribution in [3.63, 3.8) is 0 Å². The van der Waals surface area contributed by atoms with Gasteiger partial charge in [-0.3, -0.25) is 9.20 Å². The van der Waals surface area contributed by atoms with Gasteiger partial charge in [0, 0.05) is 30.6 Å². The Balaban J connectivity index is 1.59. The van der Waals surface area contributed by atoms with Crippen molar-refractivity contribution in [2.45, 2.75) is 6.18 Å². The van der Waals surface area contributed by atoms with Gasteiger partial charge < -0.3 is 15.6 Å². The van der Waals surface area contributed by atoms with Gasteiger partial charge >= 0.3 is 6.18 Å². The Labute approximate surface area is 199 Å². The molecule has 0 spiro atoms. The summed E-state index contributed by atoms with van der Waals surface area (Å²) in [6, 6.07) is 5.33. The number of alkyl halides is 3. The van der Waals surface area contributed by atoms with E-state index in [0.29, 0.717) is 40.4 Å². The Morgan fingerprint density at radius 1 is 1.14 bits per heavy atom. The van der Waals surface area contributed by atoms with Crippen LogP contribution in [0.1, 0.15) is 21.6 Å². The zero-order valence-electron chi connectivity index (χ0n) is 18.3. The van der Waals surface area contributed by atoms with Gasteiger partial charge in [-0.25, -0.2) is 19.3 Å². The molecular weight excluding hydrogens is 480 g/mol. The number of nitrogens with two attached hydrogens (primary N) is 1. The zero-order chi connectivity index (χ0) is 25.8. The fourth-order valence-corrected chi connectivity index (χ4v) is 3.97. The number of benzene rings is 1. The van der Waals surface area contributed by atoms with E-state index in [1.165, 1.54) is 16.9 Å². The van der Waals surface area contributed by atoms with Crippen molar-refractivity contribution in [2.75, 3.05) is 11.1 Å². The van der Waals surface area contributed by atoms with Crippen LogP contribution in [-0.4, -0.2) is 29.8 Å². The van der Waals surface area contributed by atoms with Crippen molar-refractivity contribution in [3.8, 4) is 17.2 Å². The largest absolute Gasteiger partial charge is 0.416 e. The van der Waals surface area contributed by atoms with Crippen LogP contribution in [0.2, 0.25) is 0 Å². The maximum absolute atomic E-state index is 14.1. The summed E-state index contributed by atoms with van der Waals surface area (Å²) in [6.07, 6.45) is 0.943. The van der Waals surface area contributed by atoms with E-state index in [2.05, 4.69) is 26.3 Å². The minimum Gasteiger partial charge on any atom is -0.383 e. The highest BCUT2D eigenvalue weighted by Gasteiger charge is 2.31. The number of fused-ring (bicyclic) bond motifs is 2. The van der Waals surface area contributed by atoms with E-state index in [1.807, 2.05) is 0 Å². The number of amides is 1. The van der Waals surface area contributed by atoms with Gasteiger partial charge in [0.1, 0.15) is 40.9 Å². The molecule has 36 heavy (non-hydrogen) atoms. The van der Waals surface area contributed by atoms with Gasteiger partial charge in [-0.2, -0.15) is 18.4 Å². The quantitative estimate of drug-likeness (QED) is 0.363. The lowest BCUT2D eigenvalue weighted by molar-refractivity contribution is -0.137. The fourth-order valence-electron chi connectivity index (χ4n) is 3.97. The number of nitrogen functional groups attached to an aromatic ring is 1. The van der Waals surface area contributed by atoms with Gasteiger partial charge in [-0.15, -0.1) is 0 Å². The van der Waals surface area contributed by atoms with Crippen LogP contribution in [0.25, 0.3) is 27.8 Å². The standard InChI is InChI=1S/C23H14F4N8O/c1-34-9-14(18-19(29)31-10-32-21(18)34)12-4-5-35-17(8-30-20(35)13(12)7-28)22(36)33-16-6-11(23(25,26)27)2-3-15(16)24/h2-6,8-10H,1H3,(H,33,36)(H2,29,31,32). The molecule has 0 bridgehead atoms. The average molecular weight is 494 g/mol. The summed E-state index contributed by atoms with van der Waals surface area (Å²) >= 11 is 0. The van der Waals surface area contributed by atoms with E-state index in [-0.39, 0.29) is 22.7 Å². The third-order valence-electron chi connectivity index (χ3n) is 5.64. The van der Waals surface area contributed by atoms with Crippen molar-refractivity contribution < 1.29 is 22.4 Å². The highest BCUT2D eigenvalue weighted by molar-refractivity contribution is 6.05. The summed E-state index contributed by atoms with van der Waals surface area (Å²) < 4.78 is 56.2. The number of pyridine rings is 1. The van der Waals surface area contributed by atoms with Crippen molar-refractivity contribution >= 4 is 34.1 Å². The van der Waals surface area contributed by atoms with Crippen LogP contribution >= 0.6 is 0 Å². The van der Waals surface area contributed by atoms with Gasteiger partial charge in [-0.1, -0.05) is 0 Å². The molecule has 0 fully saturated rings. The first-order valence-electron chi connectivity index (χ1n) is 10.2. The van der Waals surface area contributed by atoms with Gasteiger partial charge in [0.15, 0.2) is 5.65 Å². The molecule has 0 aliphatic rings. The van der Waals surface area contributed by atoms with Crippen LogP contribution in [0, 0.1) is 17.1 Å². The number of nitrogens with one attached hydrogen (secondary N) is 1. The molecule has 180 valence electrons. The highest BCUT2D eigenvalue weighted by atomic mass is 19.4. The van der Waals surface area contributed by atoms with E-state index in [0.717, 1.165) is 6.20 Å². The van der Waals surface area contributed by atoms with Crippen molar-refractivity contribution in [3.05, 3.63) is 71.8 Å². The number of imidazole rings is 1. The maximum atomic E-state index is 14.1. The summed E-state index contributed by atoms with van der Waals surface area (Å²) in [5.74, 6) is -1.74. The number of halogens is 4. The third-order valence-corrected chi connectivity index (χ3v) is 5.64. The molecule has 1 amide bonds. The molecule has 9 nitrogen and oxygen atoms in total. The second-order valence-electron chi connectivity index (χ2n) is 7.81. The molecule has 0 saturated heterocycles. The molecule has 5 aromatic rings. The number of carbonyl (C=O) groups excluding carboxylic acids is 1. The van der Waals surface area contributed by atoms with Crippen molar-refractivity contribution in [1.82, 2.24) is 23.9 Å². The number of aryl methyl sites for hydroxylation is 1. The monoisotopic (exact) mass is 494 g/mol. The summed E-state index contributed by atoms with van der Waals surface area (Å²) in [6.45, 7) is 0. The van der Waals surface area contributed by atoms with Crippen LogP contribution < -0.4 is 11.1 Å². The number of nitrogens with zero attached hydrogens (tertiary/aromatic N) is 6. The summed E-state index contributed by atoms with van der Waals surface area (Å²) in [5.41, 5.74) is 5.97. The van der Waals surface area contributed by atoms with Crippen LogP contribution in [0.15, 0.2) is 49.2 Å². The summed E-state index contributed by atoms with van der Waals surface area (Å²) in [5, 5.41) is 12.6. The molecule has 13 heteroatoms. The number of nitriles is 1. The van der Waals surface area contributed by atoms with Crippen LogP contribution in [0.3, 0.4) is 0 Å². The van der Waals surface area contributed by atoms with Crippen molar-refractivity contribution in [1.29, 1.82) is 5.26 Å². The predicted octanol–water partition coefficient (Wildman–Crippen LogP) is 4.15. The van der Waals surface area contributed by atoms with Gasteiger partial charge in [0.05, 0.1) is 22.8 Å². The maximum Gasteiger partial charge on any atom is 0.416 e. The molecular formula is C23H14F4N8O. The van der Waals surface area contributed by atoms with E-state index in [9.17, 15) is 27.6 Å². The predicted molar refractivity (Wildman–Crippen MR) is 121 cm³/mol. The topological polar surface area (TPSA) is 127 Å². The van der Waals surface area contributed by atoms with Gasteiger partial charge in [0.2, 0.25) is 0 Å². The van der Waals surface area contributed by atoms with E-state index in [4.69, 9.17) is 5.73 Å². The molecule has 0 aliphatic heterocycles. The zero-order valence-corrected chi connectivity index (χ0v) is 18.3. The van der Waals surface area contributed by atoms with Gasteiger partial charge in [-0.05, 0) is 24.3 Å². The number of aromatic nitrogens is 5. The Hall–Kier alpha value is -4.99. The normalized spacial score (nSPS) is 11.7. The number of carbonyl (C=O) groups is 1. The van der Waals surface area contributed by atoms with Gasteiger partial charge in [0.25, 0.3) is 5.91 Å². The first-order valence-corrected chi connectivity index (χ1v) is 10.2. The van der Waals surface area contributed by atoms with E-state index >= 15 is 0 Å². The second-order valence-corrected chi connectivity index (χ2v) is 7.81. The second kappa shape index (κ2) is 8.05. The first kappa shape index (κ1) is 22.8. The molecule has 0 unspecified atom stereocenters. The molecule has 0 radical (unpaired) electrons. The number of rotatable bonds is 3. The lowest BCUT2D eigenvalue weighted by Crippen LogP contribution is -2.16. The Kier molecular flexibility index (Phi) is 5.10. The van der Waals surface area contributed by atoms with Crippen molar-refractivity contribution in [2.24, 2.45) is 7.05 Å². The third kappa shape index (κ3) is 3.56. The van der Waals surface area contributed by atoms with Crippen LogP contribution in [0.5, 0.6) is 0 Å². The number of hydrogen-bond acceptors (Lipinski definition) is 6. The van der Waals surface area contributed by atoms with E-state index < -0.39 is 29.2 Å². The Morgan fingerprint density at radius 3 is 2.64 bits per heavy atom. The lowest BCUT2D eigenvalue weighted by Gasteiger charge is -2.11. The minimum absolute atomic E-state index is 0.108. The number of anilines is 2. The molecule has 0 aliphatic carbocycles. The van der Waals surface area contributed by atoms with Crippen LogP contribution in [0.4, 0.5) is 29.1 Å². The number of hydrogen-bond donors (Lipinski definition) is 2. The molecule has 4 heterocycles. The highest BCUT2D eigenvalue weighted by Crippen LogP contribution is 2.35. The average Bonchev–Trinajstić information content (AvgIpc) is 3.41. The Morgan fingerprint density at radius 2 is 1.92 bits per heavy atom. The Bertz CT molecular complexity index is 1730.